The molecule has 0 aromatic heterocycles. The van der Waals surface area contributed by atoms with E-state index in [9.17, 15) is 14.7 Å². The first-order chi connectivity index (χ1) is 11.3. The highest BCUT2D eigenvalue weighted by Crippen LogP contribution is 2.22. The van der Waals surface area contributed by atoms with Gasteiger partial charge in [-0.2, -0.15) is 0 Å². The molecule has 0 aliphatic carbocycles. The standard InChI is InChI=1S/C19H28N2O3/c1-12(2)9-18(23)20-16-6-5-15(10-14(16)4)19(24)21-8-7-13(3)17(22)11-21/h5-6,10,12-13,17,22H,7-9,11H2,1-4H3,(H,20,23). The van der Waals surface area contributed by atoms with Gasteiger partial charge in [0.25, 0.3) is 5.91 Å². The second-order valence-electron chi connectivity index (χ2n) is 7.26. The highest BCUT2D eigenvalue weighted by atomic mass is 16.3. The number of aliphatic hydroxyl groups excluding tert-OH is 1. The summed E-state index contributed by atoms with van der Waals surface area (Å²) < 4.78 is 0. The molecule has 1 aliphatic heterocycles. The van der Waals surface area contributed by atoms with Crippen LogP contribution in [0, 0.1) is 18.8 Å². The Bertz CT molecular complexity index is 613. The molecule has 24 heavy (non-hydrogen) atoms. The van der Waals surface area contributed by atoms with E-state index in [0.717, 1.165) is 17.7 Å². The smallest absolute Gasteiger partial charge is 0.253 e. The summed E-state index contributed by atoms with van der Waals surface area (Å²) in [5.74, 6) is 0.456. The second-order valence-corrected chi connectivity index (χ2v) is 7.26. The number of rotatable bonds is 4. The van der Waals surface area contributed by atoms with E-state index < -0.39 is 6.10 Å². The van der Waals surface area contributed by atoms with Crippen LogP contribution >= 0.6 is 0 Å². The first-order valence-corrected chi connectivity index (χ1v) is 8.65. The fourth-order valence-electron chi connectivity index (χ4n) is 2.92. The van der Waals surface area contributed by atoms with Crippen LogP contribution in [0.2, 0.25) is 0 Å². The largest absolute Gasteiger partial charge is 0.391 e. The molecule has 0 saturated carbocycles. The Hall–Kier alpha value is -1.88. The predicted octanol–water partition coefficient (Wildman–Crippen LogP) is 2.82. The zero-order valence-corrected chi connectivity index (χ0v) is 15.0. The molecule has 1 heterocycles. The molecule has 2 amide bonds. The summed E-state index contributed by atoms with van der Waals surface area (Å²) in [6.45, 7) is 8.94. The average molecular weight is 332 g/mol. The minimum Gasteiger partial charge on any atom is -0.391 e. The molecule has 1 aromatic carbocycles. The number of amides is 2. The Kier molecular flexibility index (Phi) is 5.99. The van der Waals surface area contributed by atoms with Crippen LogP contribution in [0.15, 0.2) is 18.2 Å². The van der Waals surface area contributed by atoms with Crippen molar-refractivity contribution >= 4 is 17.5 Å². The number of nitrogens with one attached hydrogen (secondary N) is 1. The fraction of sp³-hybridized carbons (Fsp3) is 0.579. The van der Waals surface area contributed by atoms with Crippen LogP contribution in [-0.2, 0) is 4.79 Å². The number of nitrogens with zero attached hydrogens (tertiary/aromatic N) is 1. The Balaban J connectivity index is 2.06. The van der Waals surface area contributed by atoms with Crippen molar-refractivity contribution < 1.29 is 14.7 Å². The first-order valence-electron chi connectivity index (χ1n) is 8.65. The maximum Gasteiger partial charge on any atom is 0.253 e. The van der Waals surface area contributed by atoms with Gasteiger partial charge in [-0.05, 0) is 48.9 Å². The van der Waals surface area contributed by atoms with Crippen LogP contribution in [0.1, 0.15) is 49.5 Å². The van der Waals surface area contributed by atoms with Gasteiger partial charge < -0.3 is 15.3 Å². The highest BCUT2D eigenvalue weighted by molar-refractivity contribution is 5.96. The SMILES string of the molecule is Cc1cc(C(=O)N2CCC(C)C(O)C2)ccc1NC(=O)CC(C)C. The molecular weight excluding hydrogens is 304 g/mol. The fourth-order valence-corrected chi connectivity index (χ4v) is 2.92. The van der Waals surface area contributed by atoms with E-state index in [1.807, 2.05) is 27.7 Å². The molecule has 1 aromatic rings. The molecule has 1 saturated heterocycles. The van der Waals surface area contributed by atoms with Crippen molar-refractivity contribution in [3.05, 3.63) is 29.3 Å². The molecule has 0 spiro atoms. The van der Waals surface area contributed by atoms with Crippen LogP contribution in [0.5, 0.6) is 0 Å². The summed E-state index contributed by atoms with van der Waals surface area (Å²) >= 11 is 0. The van der Waals surface area contributed by atoms with E-state index in [4.69, 9.17) is 0 Å². The van der Waals surface area contributed by atoms with Crippen LogP contribution in [0.4, 0.5) is 5.69 Å². The van der Waals surface area contributed by atoms with Gasteiger partial charge in [0.05, 0.1) is 6.10 Å². The number of aliphatic hydroxyl groups is 1. The van der Waals surface area contributed by atoms with Crippen molar-refractivity contribution in [3.63, 3.8) is 0 Å². The molecule has 0 radical (unpaired) electrons. The molecule has 2 atom stereocenters. The number of anilines is 1. The lowest BCUT2D eigenvalue weighted by Gasteiger charge is -2.34. The number of piperidine rings is 1. The van der Waals surface area contributed by atoms with Crippen LogP contribution < -0.4 is 5.32 Å². The number of hydrogen-bond acceptors (Lipinski definition) is 3. The van der Waals surface area contributed by atoms with Gasteiger partial charge in [-0.25, -0.2) is 0 Å². The second kappa shape index (κ2) is 7.79. The van der Waals surface area contributed by atoms with Crippen molar-refractivity contribution in [1.82, 2.24) is 4.90 Å². The topological polar surface area (TPSA) is 69.6 Å². The van der Waals surface area contributed by atoms with Crippen molar-refractivity contribution in [2.24, 2.45) is 11.8 Å². The lowest BCUT2D eigenvalue weighted by molar-refractivity contribution is -0.116. The third-order valence-electron chi connectivity index (χ3n) is 4.55. The number of β-amino-alcohol motifs (C(OH)–C–C–N with tert-alkyl or cyclic N) is 1. The van der Waals surface area contributed by atoms with Gasteiger partial charge in [-0.1, -0.05) is 20.8 Å². The minimum absolute atomic E-state index is 0.0136. The summed E-state index contributed by atoms with van der Waals surface area (Å²) in [6, 6.07) is 5.33. The van der Waals surface area contributed by atoms with E-state index in [1.165, 1.54) is 0 Å². The molecule has 1 aliphatic rings. The van der Waals surface area contributed by atoms with Crippen molar-refractivity contribution in [3.8, 4) is 0 Å². The number of hydrogen-bond donors (Lipinski definition) is 2. The van der Waals surface area contributed by atoms with Gasteiger partial charge in [-0.15, -0.1) is 0 Å². The van der Waals surface area contributed by atoms with E-state index in [-0.39, 0.29) is 17.7 Å². The number of carbonyl (C=O) groups excluding carboxylic acids is 2. The summed E-state index contributed by atoms with van der Waals surface area (Å²) in [6.07, 6.45) is 0.831. The number of benzene rings is 1. The van der Waals surface area contributed by atoms with Crippen molar-refractivity contribution in [2.75, 3.05) is 18.4 Å². The number of aryl methyl sites for hydroxylation is 1. The predicted molar refractivity (Wildman–Crippen MR) is 95.0 cm³/mol. The Labute approximate surface area is 144 Å². The van der Waals surface area contributed by atoms with Crippen molar-refractivity contribution in [2.45, 2.75) is 46.6 Å². The molecule has 2 unspecified atom stereocenters. The molecule has 2 rings (SSSR count). The Morgan fingerprint density at radius 3 is 2.67 bits per heavy atom. The van der Waals surface area contributed by atoms with Gasteiger partial charge in [-0.3, -0.25) is 9.59 Å². The van der Waals surface area contributed by atoms with Gasteiger partial charge in [0.15, 0.2) is 0 Å². The van der Waals surface area contributed by atoms with E-state index in [0.29, 0.717) is 31.0 Å². The van der Waals surface area contributed by atoms with Gasteiger partial charge in [0.2, 0.25) is 5.91 Å². The molecule has 132 valence electrons. The van der Waals surface area contributed by atoms with Crippen LogP contribution in [0.3, 0.4) is 0 Å². The first kappa shape index (κ1) is 18.5. The molecule has 1 fully saturated rings. The number of likely N-dealkylation sites (tertiary alicyclic amines) is 1. The third kappa shape index (κ3) is 4.57. The van der Waals surface area contributed by atoms with E-state index >= 15 is 0 Å². The molecule has 5 nitrogen and oxygen atoms in total. The summed E-state index contributed by atoms with van der Waals surface area (Å²) in [4.78, 5) is 26.2. The van der Waals surface area contributed by atoms with Gasteiger partial charge in [0.1, 0.15) is 0 Å². The lowest BCUT2D eigenvalue weighted by Crippen LogP contribution is -2.45. The monoisotopic (exact) mass is 332 g/mol. The van der Waals surface area contributed by atoms with E-state index in [1.54, 1.807) is 23.1 Å². The quantitative estimate of drug-likeness (QED) is 0.891. The third-order valence-corrected chi connectivity index (χ3v) is 4.55. The summed E-state index contributed by atoms with van der Waals surface area (Å²) in [5, 5.41) is 12.9. The molecule has 5 heteroatoms. The van der Waals surface area contributed by atoms with Gasteiger partial charge >= 0.3 is 0 Å². The zero-order valence-electron chi connectivity index (χ0n) is 15.0. The lowest BCUT2D eigenvalue weighted by atomic mass is 9.95. The molecule has 2 N–H and O–H groups in total. The maximum atomic E-state index is 12.6. The van der Waals surface area contributed by atoms with Crippen molar-refractivity contribution in [1.29, 1.82) is 0 Å². The van der Waals surface area contributed by atoms with Gasteiger partial charge in [0, 0.05) is 30.8 Å². The normalized spacial score (nSPS) is 21.0. The summed E-state index contributed by atoms with van der Waals surface area (Å²) in [5.41, 5.74) is 2.20. The van der Waals surface area contributed by atoms with Crippen LogP contribution in [0.25, 0.3) is 0 Å². The Morgan fingerprint density at radius 1 is 1.38 bits per heavy atom. The zero-order chi connectivity index (χ0) is 17.9. The molecule has 0 bridgehead atoms. The number of carbonyl (C=O) groups is 2. The maximum absolute atomic E-state index is 12.6. The summed E-state index contributed by atoms with van der Waals surface area (Å²) in [7, 11) is 0. The van der Waals surface area contributed by atoms with Crippen LogP contribution in [-0.4, -0.2) is 41.0 Å². The molecular formula is C19H28N2O3. The average Bonchev–Trinajstić information content (AvgIpc) is 2.50. The highest BCUT2D eigenvalue weighted by Gasteiger charge is 2.28. The minimum atomic E-state index is -0.460. The van der Waals surface area contributed by atoms with E-state index in [2.05, 4.69) is 5.32 Å². The Morgan fingerprint density at radius 2 is 2.08 bits per heavy atom.